The van der Waals surface area contributed by atoms with Crippen molar-refractivity contribution in [3.63, 3.8) is 0 Å². The van der Waals surface area contributed by atoms with E-state index in [1.807, 2.05) is 40.7 Å². The molecule has 0 radical (unpaired) electrons. The summed E-state index contributed by atoms with van der Waals surface area (Å²) in [4.78, 5) is 24.0. The fourth-order valence-electron chi connectivity index (χ4n) is 3.50. The van der Waals surface area contributed by atoms with Gasteiger partial charge in [-0.05, 0) is 43.3 Å². The molecule has 0 aliphatic carbocycles. The van der Waals surface area contributed by atoms with Gasteiger partial charge in [-0.15, -0.1) is 11.3 Å². The van der Waals surface area contributed by atoms with Crippen LogP contribution in [0.25, 0.3) is 11.4 Å². The Morgan fingerprint density at radius 1 is 1.20 bits per heavy atom. The van der Waals surface area contributed by atoms with Crippen LogP contribution in [0.1, 0.15) is 34.2 Å². The lowest BCUT2D eigenvalue weighted by molar-refractivity contribution is 0.0699. The Morgan fingerprint density at radius 2 is 1.96 bits per heavy atom. The second kappa shape index (κ2) is 6.80. The minimum atomic E-state index is 0.158. The van der Waals surface area contributed by atoms with Crippen LogP contribution in [-0.2, 0) is 0 Å². The zero-order valence-corrected chi connectivity index (χ0v) is 14.9. The standard InChI is InChI=1S/C19H20N4OS/c1-14-13-21-18(15-4-8-20-9-5-15)23(14)16-6-10-22(11-7-16)19(24)17-3-2-12-25-17/h2-5,8-9,12-13,16H,6-7,10-11H2,1H3. The lowest BCUT2D eigenvalue weighted by Gasteiger charge is -2.33. The lowest BCUT2D eigenvalue weighted by Crippen LogP contribution is -2.39. The maximum Gasteiger partial charge on any atom is 0.263 e. The van der Waals surface area contributed by atoms with Crippen LogP contribution in [0.3, 0.4) is 0 Å². The van der Waals surface area contributed by atoms with Gasteiger partial charge in [-0.2, -0.15) is 0 Å². The van der Waals surface area contributed by atoms with Gasteiger partial charge in [-0.25, -0.2) is 4.98 Å². The van der Waals surface area contributed by atoms with E-state index < -0.39 is 0 Å². The number of amides is 1. The van der Waals surface area contributed by atoms with Gasteiger partial charge in [0.2, 0.25) is 0 Å². The fourth-order valence-corrected chi connectivity index (χ4v) is 4.20. The number of nitrogens with zero attached hydrogens (tertiary/aromatic N) is 4. The molecule has 1 aliphatic heterocycles. The molecule has 0 N–H and O–H groups in total. The molecule has 3 aromatic heterocycles. The van der Waals surface area contributed by atoms with E-state index in [0.717, 1.165) is 47.9 Å². The number of rotatable bonds is 3. The van der Waals surface area contributed by atoms with Crippen LogP contribution >= 0.6 is 11.3 Å². The second-order valence-electron chi connectivity index (χ2n) is 6.33. The Labute approximate surface area is 151 Å². The SMILES string of the molecule is Cc1cnc(-c2ccncc2)n1C1CCN(C(=O)c2cccs2)CC1. The summed E-state index contributed by atoms with van der Waals surface area (Å²) in [7, 11) is 0. The Balaban J connectivity index is 1.52. The van der Waals surface area contributed by atoms with Crippen LogP contribution in [-0.4, -0.2) is 38.4 Å². The van der Waals surface area contributed by atoms with Crippen molar-refractivity contribution in [2.75, 3.05) is 13.1 Å². The average Bonchev–Trinajstić information content (AvgIpc) is 3.32. The lowest BCUT2D eigenvalue weighted by atomic mass is 10.0. The molecule has 0 spiro atoms. The predicted molar refractivity (Wildman–Crippen MR) is 98.7 cm³/mol. The normalized spacial score (nSPS) is 15.5. The number of imidazole rings is 1. The molecular formula is C19H20N4OS. The number of carbonyl (C=O) groups excluding carboxylic acids is 1. The topological polar surface area (TPSA) is 51.0 Å². The zero-order valence-electron chi connectivity index (χ0n) is 14.1. The number of piperidine rings is 1. The van der Waals surface area contributed by atoms with Gasteiger partial charge in [0.1, 0.15) is 5.82 Å². The molecule has 0 bridgehead atoms. The van der Waals surface area contributed by atoms with Crippen LogP contribution in [0.15, 0.2) is 48.2 Å². The quantitative estimate of drug-likeness (QED) is 0.720. The third-order valence-electron chi connectivity index (χ3n) is 4.77. The first-order chi connectivity index (χ1) is 12.2. The van der Waals surface area contributed by atoms with E-state index in [1.165, 1.54) is 11.3 Å². The van der Waals surface area contributed by atoms with Crippen molar-refractivity contribution < 1.29 is 4.79 Å². The number of hydrogen-bond acceptors (Lipinski definition) is 4. The van der Waals surface area contributed by atoms with Crippen molar-refractivity contribution in [2.45, 2.75) is 25.8 Å². The maximum atomic E-state index is 12.5. The number of hydrogen-bond donors (Lipinski definition) is 0. The van der Waals surface area contributed by atoms with Gasteiger partial charge >= 0.3 is 0 Å². The number of aryl methyl sites for hydroxylation is 1. The van der Waals surface area contributed by atoms with E-state index >= 15 is 0 Å². The molecule has 1 amide bonds. The first-order valence-corrected chi connectivity index (χ1v) is 9.39. The van der Waals surface area contributed by atoms with Crippen LogP contribution in [0.2, 0.25) is 0 Å². The van der Waals surface area contributed by atoms with Crippen LogP contribution in [0.5, 0.6) is 0 Å². The van der Waals surface area contributed by atoms with Gasteiger partial charge in [0, 0.05) is 49.0 Å². The number of aromatic nitrogens is 3. The molecular weight excluding hydrogens is 332 g/mol. The second-order valence-corrected chi connectivity index (χ2v) is 7.28. The monoisotopic (exact) mass is 352 g/mol. The Bertz CT molecular complexity index is 849. The summed E-state index contributed by atoms with van der Waals surface area (Å²) in [5.41, 5.74) is 2.25. The van der Waals surface area contributed by atoms with E-state index in [2.05, 4.69) is 21.5 Å². The first kappa shape index (κ1) is 16.0. The molecule has 5 nitrogen and oxygen atoms in total. The highest BCUT2D eigenvalue weighted by molar-refractivity contribution is 7.12. The number of pyridine rings is 1. The summed E-state index contributed by atoms with van der Waals surface area (Å²) in [6, 6.07) is 8.20. The zero-order chi connectivity index (χ0) is 17.2. The summed E-state index contributed by atoms with van der Waals surface area (Å²) in [6.45, 7) is 3.67. The van der Waals surface area contributed by atoms with Crippen molar-refractivity contribution in [3.8, 4) is 11.4 Å². The number of likely N-dealkylation sites (tertiary alicyclic amines) is 1. The van der Waals surface area contributed by atoms with Crippen molar-refractivity contribution in [2.24, 2.45) is 0 Å². The van der Waals surface area contributed by atoms with Crippen LogP contribution < -0.4 is 0 Å². The van der Waals surface area contributed by atoms with E-state index in [0.29, 0.717) is 6.04 Å². The van der Waals surface area contributed by atoms with E-state index in [1.54, 1.807) is 12.4 Å². The largest absolute Gasteiger partial charge is 0.338 e. The van der Waals surface area contributed by atoms with Crippen molar-refractivity contribution in [1.82, 2.24) is 19.4 Å². The molecule has 0 unspecified atom stereocenters. The highest BCUT2D eigenvalue weighted by Gasteiger charge is 2.27. The molecule has 1 aliphatic rings. The Kier molecular flexibility index (Phi) is 4.36. The van der Waals surface area contributed by atoms with Gasteiger partial charge in [0.05, 0.1) is 4.88 Å². The smallest absolute Gasteiger partial charge is 0.263 e. The molecule has 6 heteroatoms. The summed E-state index contributed by atoms with van der Waals surface area (Å²) < 4.78 is 2.32. The summed E-state index contributed by atoms with van der Waals surface area (Å²) in [5.74, 6) is 1.15. The maximum absolute atomic E-state index is 12.5. The van der Waals surface area contributed by atoms with E-state index in [-0.39, 0.29) is 5.91 Å². The summed E-state index contributed by atoms with van der Waals surface area (Å²) in [5, 5.41) is 1.95. The van der Waals surface area contributed by atoms with Crippen LogP contribution in [0.4, 0.5) is 0 Å². The Hall–Kier alpha value is -2.47. The minimum Gasteiger partial charge on any atom is -0.338 e. The molecule has 25 heavy (non-hydrogen) atoms. The number of carbonyl (C=O) groups is 1. The minimum absolute atomic E-state index is 0.158. The predicted octanol–water partition coefficient (Wildman–Crippen LogP) is 3.79. The van der Waals surface area contributed by atoms with Crippen molar-refractivity contribution >= 4 is 17.2 Å². The molecule has 0 aromatic carbocycles. The molecule has 0 atom stereocenters. The molecule has 1 fully saturated rings. The molecule has 128 valence electrons. The highest BCUT2D eigenvalue weighted by Crippen LogP contribution is 2.30. The molecule has 4 rings (SSSR count). The fraction of sp³-hybridized carbons (Fsp3) is 0.316. The third-order valence-corrected chi connectivity index (χ3v) is 5.63. The molecule has 0 saturated carbocycles. The van der Waals surface area contributed by atoms with Crippen molar-refractivity contribution in [3.05, 3.63) is 58.8 Å². The molecule has 4 heterocycles. The van der Waals surface area contributed by atoms with E-state index in [9.17, 15) is 4.79 Å². The van der Waals surface area contributed by atoms with Gasteiger partial charge in [0.15, 0.2) is 0 Å². The first-order valence-electron chi connectivity index (χ1n) is 8.51. The van der Waals surface area contributed by atoms with Crippen molar-refractivity contribution in [1.29, 1.82) is 0 Å². The summed E-state index contributed by atoms with van der Waals surface area (Å²) >= 11 is 1.51. The molecule has 3 aromatic rings. The van der Waals surface area contributed by atoms with Crippen LogP contribution in [0, 0.1) is 6.92 Å². The van der Waals surface area contributed by atoms with Gasteiger partial charge < -0.3 is 9.47 Å². The van der Waals surface area contributed by atoms with Gasteiger partial charge in [-0.1, -0.05) is 6.07 Å². The Morgan fingerprint density at radius 3 is 2.64 bits per heavy atom. The van der Waals surface area contributed by atoms with Gasteiger partial charge in [-0.3, -0.25) is 9.78 Å². The summed E-state index contributed by atoms with van der Waals surface area (Å²) in [6.07, 6.45) is 7.43. The highest BCUT2D eigenvalue weighted by atomic mass is 32.1. The third kappa shape index (κ3) is 3.09. The van der Waals surface area contributed by atoms with Gasteiger partial charge in [0.25, 0.3) is 5.91 Å². The average molecular weight is 352 g/mol. The number of thiophene rings is 1. The van der Waals surface area contributed by atoms with E-state index in [4.69, 9.17) is 0 Å². The molecule has 1 saturated heterocycles.